The SMILES string of the molecule is Cn1nc(OCC[C@@]23CC[C@@](C)(O2)c2c3c(O)n(-c3ccc(C#N)c4ccccc34)c2O)cc1C(F)(F)F. The average Bonchev–Trinajstić information content (AvgIpc) is 3.57. The van der Waals surface area contributed by atoms with Gasteiger partial charge >= 0.3 is 6.18 Å². The average molecular weight is 524 g/mol. The number of hydrogen-bond acceptors (Lipinski definition) is 6. The first-order chi connectivity index (χ1) is 18.0. The number of aromatic hydroxyl groups is 2. The summed E-state index contributed by atoms with van der Waals surface area (Å²) in [5, 5.41) is 37.6. The van der Waals surface area contributed by atoms with Gasteiger partial charge in [-0.05, 0) is 31.9 Å². The van der Waals surface area contributed by atoms with Crippen molar-refractivity contribution in [3.05, 3.63) is 64.8 Å². The molecule has 0 aliphatic carbocycles. The van der Waals surface area contributed by atoms with Gasteiger partial charge in [0.15, 0.2) is 0 Å². The van der Waals surface area contributed by atoms with Gasteiger partial charge in [0.05, 0.1) is 40.7 Å². The van der Waals surface area contributed by atoms with Crippen LogP contribution in [-0.2, 0) is 29.2 Å². The van der Waals surface area contributed by atoms with Crippen molar-refractivity contribution in [2.75, 3.05) is 6.61 Å². The van der Waals surface area contributed by atoms with Gasteiger partial charge < -0.3 is 19.7 Å². The van der Waals surface area contributed by atoms with E-state index in [1.165, 1.54) is 11.6 Å². The zero-order chi connectivity index (χ0) is 27.0. The molecule has 1 fully saturated rings. The molecule has 0 spiro atoms. The van der Waals surface area contributed by atoms with Crippen molar-refractivity contribution in [1.82, 2.24) is 14.3 Å². The van der Waals surface area contributed by atoms with Crippen molar-refractivity contribution < 1.29 is 32.9 Å². The quantitative estimate of drug-likeness (QED) is 0.364. The van der Waals surface area contributed by atoms with Crippen LogP contribution < -0.4 is 4.74 Å². The van der Waals surface area contributed by atoms with Crippen molar-refractivity contribution in [2.24, 2.45) is 7.05 Å². The van der Waals surface area contributed by atoms with E-state index in [-0.39, 0.29) is 30.7 Å². The normalized spacial score (nSPS) is 22.1. The Morgan fingerprint density at radius 3 is 2.50 bits per heavy atom. The minimum Gasteiger partial charge on any atom is -0.494 e. The summed E-state index contributed by atoms with van der Waals surface area (Å²) in [4.78, 5) is 0. The van der Waals surface area contributed by atoms with Crippen molar-refractivity contribution in [3.8, 4) is 29.4 Å². The molecule has 1 saturated heterocycles. The van der Waals surface area contributed by atoms with E-state index >= 15 is 0 Å². The Morgan fingerprint density at radius 2 is 1.82 bits per heavy atom. The van der Waals surface area contributed by atoms with E-state index in [9.17, 15) is 28.6 Å². The third-order valence-corrected chi connectivity index (χ3v) is 7.70. The van der Waals surface area contributed by atoms with Crippen LogP contribution in [0.1, 0.15) is 48.6 Å². The molecule has 0 radical (unpaired) electrons. The maximum atomic E-state index is 13.1. The molecule has 0 unspecified atom stereocenters. The third kappa shape index (κ3) is 3.29. The summed E-state index contributed by atoms with van der Waals surface area (Å²) in [5.41, 5.74) is -0.890. The van der Waals surface area contributed by atoms with Gasteiger partial charge in [0.1, 0.15) is 11.3 Å². The monoisotopic (exact) mass is 524 g/mol. The molecule has 6 rings (SSSR count). The topological polar surface area (TPSA) is 105 Å². The Morgan fingerprint density at radius 1 is 1.11 bits per heavy atom. The number of aryl methyl sites for hydroxylation is 1. The molecular formula is C27H23F3N4O4. The van der Waals surface area contributed by atoms with Crippen LogP contribution in [0.15, 0.2) is 42.5 Å². The van der Waals surface area contributed by atoms with E-state index in [4.69, 9.17) is 9.47 Å². The number of nitriles is 1. The highest BCUT2D eigenvalue weighted by Gasteiger charge is 2.61. The smallest absolute Gasteiger partial charge is 0.433 e. The summed E-state index contributed by atoms with van der Waals surface area (Å²) >= 11 is 0. The van der Waals surface area contributed by atoms with Gasteiger partial charge in [0, 0.05) is 30.3 Å². The maximum absolute atomic E-state index is 13.1. The van der Waals surface area contributed by atoms with Crippen LogP contribution in [0.2, 0.25) is 0 Å². The number of aromatic nitrogens is 3. The van der Waals surface area contributed by atoms with Crippen molar-refractivity contribution in [1.29, 1.82) is 5.26 Å². The summed E-state index contributed by atoms with van der Waals surface area (Å²) in [6.07, 6.45) is -3.23. The van der Waals surface area contributed by atoms with Gasteiger partial charge in [-0.2, -0.15) is 18.4 Å². The van der Waals surface area contributed by atoms with E-state index in [1.807, 2.05) is 25.1 Å². The summed E-state index contributed by atoms with van der Waals surface area (Å²) in [6.45, 7) is 1.82. The van der Waals surface area contributed by atoms with E-state index in [1.54, 1.807) is 18.2 Å². The van der Waals surface area contributed by atoms with Crippen LogP contribution in [0.5, 0.6) is 17.6 Å². The molecule has 2 aliphatic rings. The fourth-order valence-electron chi connectivity index (χ4n) is 6.01. The van der Waals surface area contributed by atoms with Gasteiger partial charge in [0.25, 0.3) is 0 Å². The number of nitrogens with zero attached hydrogens (tertiary/aromatic N) is 4. The maximum Gasteiger partial charge on any atom is 0.433 e. The van der Waals surface area contributed by atoms with E-state index in [2.05, 4.69) is 11.2 Å². The number of fused-ring (bicyclic) bond motifs is 6. The second-order valence-corrected chi connectivity index (χ2v) is 9.94. The zero-order valence-electron chi connectivity index (χ0n) is 20.5. The highest BCUT2D eigenvalue weighted by Crippen LogP contribution is 2.65. The standard InChI is InChI=1S/C27H23F3N4O4/c1-25-9-10-26(38-25,11-12-37-20-13-19(27(28,29)30)33(2)32-20)22-21(25)23(35)34(24(22)36)18-8-7-15(14-31)16-5-3-4-6-17(16)18/h3-8,13,35-36H,9-12H2,1-2H3/t25-,26-/m1/s1. The number of alkyl halides is 3. The lowest BCUT2D eigenvalue weighted by molar-refractivity contribution is -0.143. The Bertz CT molecular complexity index is 1650. The van der Waals surface area contributed by atoms with E-state index in [0.717, 1.165) is 10.7 Å². The lowest BCUT2D eigenvalue weighted by atomic mass is 9.78. The summed E-state index contributed by atoms with van der Waals surface area (Å²) in [6, 6.07) is 13.6. The molecule has 2 aromatic heterocycles. The molecule has 0 saturated carbocycles. The first kappa shape index (κ1) is 24.2. The minimum atomic E-state index is -4.55. The molecule has 11 heteroatoms. The molecule has 196 valence electrons. The highest BCUT2D eigenvalue weighted by atomic mass is 19.4. The van der Waals surface area contributed by atoms with Gasteiger partial charge in [-0.25, -0.2) is 0 Å². The minimum absolute atomic E-state index is 0.0188. The molecule has 2 N–H and O–H groups in total. The largest absolute Gasteiger partial charge is 0.494 e. The van der Waals surface area contributed by atoms with Crippen molar-refractivity contribution in [3.63, 3.8) is 0 Å². The Balaban J connectivity index is 1.38. The predicted molar refractivity (Wildman–Crippen MR) is 129 cm³/mol. The molecule has 8 nitrogen and oxygen atoms in total. The van der Waals surface area contributed by atoms with E-state index < -0.39 is 23.1 Å². The molecule has 2 aromatic carbocycles. The Hall–Kier alpha value is -4.17. The molecule has 2 atom stereocenters. The van der Waals surface area contributed by atoms with Crippen LogP contribution in [0, 0.1) is 11.3 Å². The molecular weight excluding hydrogens is 501 g/mol. The number of rotatable bonds is 5. The van der Waals surface area contributed by atoms with E-state index in [0.29, 0.717) is 46.0 Å². The van der Waals surface area contributed by atoms with Crippen LogP contribution in [0.3, 0.4) is 0 Å². The second-order valence-electron chi connectivity index (χ2n) is 9.94. The van der Waals surface area contributed by atoms with Crippen molar-refractivity contribution in [2.45, 2.75) is 43.6 Å². The molecule has 38 heavy (non-hydrogen) atoms. The molecule has 4 aromatic rings. The zero-order valence-corrected chi connectivity index (χ0v) is 20.5. The van der Waals surface area contributed by atoms with Crippen LogP contribution in [0.4, 0.5) is 13.2 Å². The lowest BCUT2D eigenvalue weighted by Crippen LogP contribution is -2.25. The second kappa shape index (κ2) is 7.91. The first-order valence-corrected chi connectivity index (χ1v) is 12.0. The number of benzene rings is 2. The fraction of sp³-hybridized carbons (Fsp3) is 0.333. The van der Waals surface area contributed by atoms with Gasteiger partial charge in [0.2, 0.25) is 17.6 Å². The third-order valence-electron chi connectivity index (χ3n) is 7.70. The fourth-order valence-corrected chi connectivity index (χ4v) is 6.01. The molecule has 2 bridgehead atoms. The van der Waals surface area contributed by atoms with Crippen LogP contribution >= 0.6 is 0 Å². The molecule has 4 heterocycles. The van der Waals surface area contributed by atoms with Crippen molar-refractivity contribution >= 4 is 10.8 Å². The highest BCUT2D eigenvalue weighted by molar-refractivity contribution is 5.95. The van der Waals surface area contributed by atoms with Gasteiger partial charge in [-0.1, -0.05) is 24.3 Å². The number of halogens is 3. The molecule has 0 amide bonds. The Kier molecular flexibility index (Phi) is 5.04. The predicted octanol–water partition coefficient (Wildman–Crippen LogP) is 5.37. The number of hydrogen-bond donors (Lipinski definition) is 2. The first-order valence-electron chi connectivity index (χ1n) is 12.0. The van der Waals surface area contributed by atoms with Crippen LogP contribution in [0.25, 0.3) is 16.5 Å². The van der Waals surface area contributed by atoms with Crippen LogP contribution in [-0.4, -0.2) is 31.2 Å². The Labute approximate surface area is 215 Å². The molecule has 2 aliphatic heterocycles. The summed E-state index contributed by atoms with van der Waals surface area (Å²) < 4.78 is 53.4. The van der Waals surface area contributed by atoms with Gasteiger partial charge in [-0.3, -0.25) is 9.25 Å². The number of ether oxygens (including phenoxy) is 2. The van der Waals surface area contributed by atoms with Gasteiger partial charge in [-0.15, -0.1) is 5.10 Å². The summed E-state index contributed by atoms with van der Waals surface area (Å²) in [5.74, 6) is -0.506. The summed E-state index contributed by atoms with van der Waals surface area (Å²) in [7, 11) is 1.19. The lowest BCUT2D eigenvalue weighted by Gasteiger charge is -2.26.